The summed E-state index contributed by atoms with van der Waals surface area (Å²) in [5.74, 6) is 0.0750. The Morgan fingerprint density at radius 2 is 0.966 bits per heavy atom. The van der Waals surface area contributed by atoms with Gasteiger partial charge in [0.1, 0.15) is 11.6 Å². The molecule has 0 saturated heterocycles. The van der Waals surface area contributed by atoms with Crippen LogP contribution in [0.25, 0.3) is 0 Å². The summed E-state index contributed by atoms with van der Waals surface area (Å²) in [6.07, 6.45) is 25.4. The summed E-state index contributed by atoms with van der Waals surface area (Å²) in [6, 6.07) is 0. The fourth-order valence-electron chi connectivity index (χ4n) is 3.35. The van der Waals surface area contributed by atoms with Crippen molar-refractivity contribution in [3.63, 3.8) is 0 Å². The summed E-state index contributed by atoms with van der Waals surface area (Å²) < 4.78 is 0. The highest BCUT2D eigenvalue weighted by Crippen LogP contribution is 2.14. The molecule has 0 bridgehead atoms. The molecule has 0 aliphatic carbocycles. The van der Waals surface area contributed by atoms with E-state index in [2.05, 4.69) is 38.2 Å². The Hall–Kier alpha value is -1.18. The Kier molecular flexibility index (Phi) is 19.3. The average Bonchev–Trinajstić information content (AvgIpc) is 2.71. The zero-order valence-corrected chi connectivity index (χ0v) is 19.9. The molecule has 0 N–H and O–H groups in total. The molecule has 0 fully saturated rings. The zero-order chi connectivity index (χ0) is 21.7. The van der Waals surface area contributed by atoms with Crippen molar-refractivity contribution in [1.29, 1.82) is 0 Å². The summed E-state index contributed by atoms with van der Waals surface area (Å²) in [6.45, 7) is 8.36. The van der Waals surface area contributed by atoms with Crippen molar-refractivity contribution >= 4 is 11.6 Å². The van der Waals surface area contributed by atoms with Crippen LogP contribution in [0.2, 0.25) is 0 Å². The molecule has 2 atom stereocenters. The van der Waals surface area contributed by atoms with Gasteiger partial charge in [-0.2, -0.15) is 0 Å². The van der Waals surface area contributed by atoms with Crippen molar-refractivity contribution in [2.45, 2.75) is 124 Å². The number of ketones is 2. The normalized spacial score (nSPS) is 13.9. The van der Waals surface area contributed by atoms with Gasteiger partial charge < -0.3 is 0 Å². The lowest BCUT2D eigenvalue weighted by Crippen LogP contribution is -2.19. The van der Waals surface area contributed by atoms with E-state index < -0.39 is 0 Å². The predicted molar refractivity (Wildman–Crippen MR) is 127 cm³/mol. The molecule has 0 spiro atoms. The number of hydrogen-bond acceptors (Lipinski definition) is 2. The molecule has 0 aliphatic rings. The Labute approximate surface area is 181 Å². The maximum absolute atomic E-state index is 12.3. The first-order valence-corrected chi connectivity index (χ1v) is 12.4. The molecule has 0 rings (SSSR count). The Balaban J connectivity index is 3.89. The largest absolute Gasteiger partial charge is 0.299 e. The number of rotatable bonds is 20. The average molecular weight is 405 g/mol. The van der Waals surface area contributed by atoms with Gasteiger partial charge in [-0.15, -0.1) is 0 Å². The van der Waals surface area contributed by atoms with Crippen LogP contribution in [0.3, 0.4) is 0 Å². The number of hydrogen-bond donors (Lipinski definition) is 0. The van der Waals surface area contributed by atoms with Gasteiger partial charge in [0.2, 0.25) is 0 Å². The number of carbonyl (C=O) groups excluding carboxylic acids is 2. The minimum Gasteiger partial charge on any atom is -0.299 e. The van der Waals surface area contributed by atoms with Crippen LogP contribution in [0.15, 0.2) is 24.3 Å². The molecule has 168 valence electrons. The van der Waals surface area contributed by atoms with Gasteiger partial charge in [-0.1, -0.05) is 103 Å². The highest BCUT2D eigenvalue weighted by atomic mass is 16.1. The molecule has 0 amide bonds. The minimum atomic E-state index is -0.0545. The molecule has 0 saturated carbocycles. The van der Waals surface area contributed by atoms with E-state index in [9.17, 15) is 9.59 Å². The van der Waals surface area contributed by atoms with E-state index in [1.54, 1.807) is 0 Å². The fraction of sp³-hybridized carbons (Fsp3) is 0.778. The van der Waals surface area contributed by atoms with E-state index in [1.165, 1.54) is 64.2 Å². The number of carbonyl (C=O) groups is 2. The van der Waals surface area contributed by atoms with E-state index in [4.69, 9.17) is 0 Å². The zero-order valence-electron chi connectivity index (χ0n) is 19.9. The van der Waals surface area contributed by atoms with Crippen LogP contribution in [-0.2, 0) is 9.59 Å². The number of allylic oxidation sites excluding steroid dienone is 4. The third-order valence-electron chi connectivity index (χ3n) is 5.71. The lowest BCUT2D eigenvalue weighted by Gasteiger charge is -2.10. The monoisotopic (exact) mass is 404 g/mol. The smallest absolute Gasteiger partial charge is 0.143 e. The van der Waals surface area contributed by atoms with Gasteiger partial charge in [0.05, 0.1) is 6.42 Å². The molecule has 2 unspecified atom stereocenters. The summed E-state index contributed by atoms with van der Waals surface area (Å²) in [5.41, 5.74) is 0. The van der Waals surface area contributed by atoms with Crippen LogP contribution in [0.1, 0.15) is 124 Å². The molecule has 0 aromatic carbocycles. The molecule has 0 aromatic rings. The summed E-state index contributed by atoms with van der Waals surface area (Å²) in [4.78, 5) is 24.6. The first-order chi connectivity index (χ1) is 14.0. The van der Waals surface area contributed by atoms with E-state index >= 15 is 0 Å². The maximum atomic E-state index is 12.3. The second kappa shape index (κ2) is 20.1. The van der Waals surface area contributed by atoms with Crippen molar-refractivity contribution in [3.8, 4) is 0 Å². The fourth-order valence-corrected chi connectivity index (χ4v) is 3.35. The van der Waals surface area contributed by atoms with Crippen molar-refractivity contribution in [1.82, 2.24) is 0 Å². The lowest BCUT2D eigenvalue weighted by molar-refractivity contribution is -0.130. The molecule has 0 aromatic heterocycles. The number of unbranched alkanes of at least 4 members (excludes halogenated alkanes) is 10. The molecule has 0 aliphatic heterocycles. The summed E-state index contributed by atoms with van der Waals surface area (Å²) in [5, 5.41) is 0. The Morgan fingerprint density at radius 1 is 0.586 bits per heavy atom. The van der Waals surface area contributed by atoms with Gasteiger partial charge in [0.15, 0.2) is 0 Å². The van der Waals surface area contributed by atoms with Gasteiger partial charge in [0, 0.05) is 11.8 Å². The van der Waals surface area contributed by atoms with Gasteiger partial charge in [-0.25, -0.2) is 0 Å². The van der Waals surface area contributed by atoms with Crippen LogP contribution in [0.4, 0.5) is 0 Å². The molecule has 29 heavy (non-hydrogen) atoms. The first kappa shape index (κ1) is 27.8. The molecular formula is C27H48O2. The number of Topliss-reactive ketones (excluding diaryl/α,β-unsaturated/α-hetero) is 2. The summed E-state index contributed by atoms with van der Waals surface area (Å²) in [7, 11) is 0. The maximum Gasteiger partial charge on any atom is 0.143 e. The van der Waals surface area contributed by atoms with E-state index in [-0.39, 0.29) is 29.8 Å². The van der Waals surface area contributed by atoms with E-state index in [0.29, 0.717) is 0 Å². The highest BCUT2D eigenvalue weighted by molar-refractivity contribution is 6.00. The topological polar surface area (TPSA) is 34.1 Å². The third-order valence-corrected chi connectivity index (χ3v) is 5.71. The second-order valence-electron chi connectivity index (χ2n) is 8.73. The molecular weight excluding hydrogens is 356 g/mol. The SMILES string of the molecule is CCCCCCCC=CCC(C)C(=O)CC(=O)C(C)CC=CCCCCCCC. The van der Waals surface area contributed by atoms with E-state index in [0.717, 1.165) is 25.7 Å². The van der Waals surface area contributed by atoms with Crippen molar-refractivity contribution in [3.05, 3.63) is 24.3 Å². The minimum absolute atomic E-state index is 0.0545. The van der Waals surface area contributed by atoms with Crippen LogP contribution < -0.4 is 0 Å². The van der Waals surface area contributed by atoms with Gasteiger partial charge >= 0.3 is 0 Å². The van der Waals surface area contributed by atoms with Crippen molar-refractivity contribution in [2.75, 3.05) is 0 Å². The molecule has 0 radical (unpaired) electrons. The van der Waals surface area contributed by atoms with E-state index in [1.807, 2.05) is 13.8 Å². The standard InChI is InChI=1S/C27H48O2/c1-5-7-9-11-13-15-17-19-21-24(3)26(28)23-27(29)25(4)22-20-18-16-14-12-10-8-6-2/h17-20,24-25H,5-16,21-23H2,1-4H3. The third kappa shape index (κ3) is 17.4. The van der Waals surface area contributed by atoms with Crippen molar-refractivity contribution in [2.24, 2.45) is 11.8 Å². The second-order valence-corrected chi connectivity index (χ2v) is 8.73. The van der Waals surface area contributed by atoms with Gasteiger partial charge in [-0.05, 0) is 38.5 Å². The van der Waals surface area contributed by atoms with Crippen LogP contribution in [0, 0.1) is 11.8 Å². The summed E-state index contributed by atoms with van der Waals surface area (Å²) >= 11 is 0. The Bertz CT molecular complexity index is 419. The Morgan fingerprint density at radius 3 is 1.34 bits per heavy atom. The van der Waals surface area contributed by atoms with Crippen molar-refractivity contribution < 1.29 is 9.59 Å². The molecule has 2 heteroatoms. The van der Waals surface area contributed by atoms with Crippen LogP contribution in [-0.4, -0.2) is 11.6 Å². The molecule has 2 nitrogen and oxygen atoms in total. The predicted octanol–water partition coefficient (Wildman–Crippen LogP) is 8.40. The first-order valence-electron chi connectivity index (χ1n) is 12.4. The van der Waals surface area contributed by atoms with Crippen LogP contribution in [0.5, 0.6) is 0 Å². The molecule has 0 heterocycles. The quantitative estimate of drug-likeness (QED) is 0.116. The van der Waals surface area contributed by atoms with Crippen LogP contribution >= 0.6 is 0 Å². The lowest BCUT2D eigenvalue weighted by atomic mass is 9.92. The van der Waals surface area contributed by atoms with Gasteiger partial charge in [0.25, 0.3) is 0 Å². The van der Waals surface area contributed by atoms with Gasteiger partial charge in [-0.3, -0.25) is 9.59 Å². The highest BCUT2D eigenvalue weighted by Gasteiger charge is 2.19.